The zero-order chi connectivity index (χ0) is 8.27. The molecule has 1 nitrogen and oxygen atoms in total. The molecule has 0 saturated carbocycles. The van der Waals surface area contributed by atoms with Crippen molar-refractivity contribution >= 4 is 5.76 Å². The Morgan fingerprint density at radius 3 is 2.27 bits per heavy atom. The molecule has 0 atom stereocenters. The van der Waals surface area contributed by atoms with E-state index in [9.17, 15) is 5.11 Å². The number of allylic oxidation sites excluding steroid dienone is 1. The van der Waals surface area contributed by atoms with E-state index in [1.807, 2.05) is 38.1 Å². The molecule has 0 saturated heterocycles. The van der Waals surface area contributed by atoms with Crippen molar-refractivity contribution in [3.63, 3.8) is 0 Å². The quantitative estimate of drug-likeness (QED) is 0.607. The van der Waals surface area contributed by atoms with Crippen molar-refractivity contribution in [1.29, 1.82) is 0 Å². The predicted octanol–water partition coefficient (Wildman–Crippen LogP) is 2.91. The molecule has 1 aromatic carbocycles. The Balaban J connectivity index is 2.99. The second kappa shape index (κ2) is 3.24. The molecule has 1 heteroatoms. The third-order valence-corrected chi connectivity index (χ3v) is 1.62. The Morgan fingerprint density at radius 2 is 1.82 bits per heavy atom. The predicted molar refractivity (Wildman–Crippen MR) is 47.5 cm³/mol. The Kier molecular flexibility index (Phi) is 2.32. The lowest BCUT2D eigenvalue weighted by atomic mass is 10.1. The van der Waals surface area contributed by atoms with Crippen molar-refractivity contribution in [1.82, 2.24) is 0 Å². The summed E-state index contributed by atoms with van der Waals surface area (Å²) in [6.45, 7) is 3.84. The minimum absolute atomic E-state index is 0.338. The highest BCUT2D eigenvalue weighted by Crippen LogP contribution is 2.11. The Bertz CT molecular complexity index is 257. The number of hydrogen-bond acceptors (Lipinski definition) is 1. The molecule has 0 heterocycles. The molecule has 1 aromatic rings. The van der Waals surface area contributed by atoms with E-state index in [-0.39, 0.29) is 0 Å². The summed E-state index contributed by atoms with van der Waals surface area (Å²) in [5, 5.41) is 9.28. The third-order valence-electron chi connectivity index (χ3n) is 1.62. The van der Waals surface area contributed by atoms with Crippen LogP contribution >= 0.6 is 0 Å². The number of aryl methyl sites for hydroxylation is 1. The molecule has 0 amide bonds. The molecule has 0 fully saturated rings. The van der Waals surface area contributed by atoms with Gasteiger partial charge in [0.05, 0.1) is 0 Å². The normalized spacial score (nSPS) is 11.6. The first-order valence-corrected chi connectivity index (χ1v) is 3.66. The highest BCUT2D eigenvalue weighted by Gasteiger charge is 1.94. The van der Waals surface area contributed by atoms with E-state index in [4.69, 9.17) is 0 Å². The summed E-state index contributed by atoms with van der Waals surface area (Å²) < 4.78 is 0. The summed E-state index contributed by atoms with van der Waals surface area (Å²) in [4.78, 5) is 0. The molecule has 0 unspecified atom stereocenters. The van der Waals surface area contributed by atoms with Gasteiger partial charge in [-0.25, -0.2) is 0 Å². The van der Waals surface area contributed by atoms with Crippen molar-refractivity contribution < 1.29 is 5.11 Å². The van der Waals surface area contributed by atoms with Gasteiger partial charge in [0.25, 0.3) is 0 Å². The third kappa shape index (κ3) is 1.84. The van der Waals surface area contributed by atoms with Crippen LogP contribution in [0.15, 0.2) is 30.3 Å². The molecule has 58 valence electrons. The molecular formula is C10H12O. The minimum atomic E-state index is 0.338. The minimum Gasteiger partial charge on any atom is -0.508 e. The number of hydrogen-bond donors (Lipinski definition) is 1. The van der Waals surface area contributed by atoms with Crippen LogP contribution in [0.5, 0.6) is 0 Å². The lowest BCUT2D eigenvalue weighted by molar-refractivity contribution is 0.511. The highest BCUT2D eigenvalue weighted by atomic mass is 16.3. The maximum absolute atomic E-state index is 9.28. The fourth-order valence-electron chi connectivity index (χ4n) is 0.891. The lowest BCUT2D eigenvalue weighted by Gasteiger charge is -1.98. The van der Waals surface area contributed by atoms with Crippen molar-refractivity contribution in [2.75, 3.05) is 0 Å². The molecule has 11 heavy (non-hydrogen) atoms. The van der Waals surface area contributed by atoms with Crippen LogP contribution in [0.1, 0.15) is 18.1 Å². The molecule has 0 aliphatic rings. The number of aliphatic hydroxyl groups excluding tert-OH is 1. The van der Waals surface area contributed by atoms with Gasteiger partial charge in [0, 0.05) is 5.56 Å². The number of benzene rings is 1. The van der Waals surface area contributed by atoms with E-state index >= 15 is 0 Å². The number of aliphatic hydroxyl groups is 1. The largest absolute Gasteiger partial charge is 0.508 e. The Labute approximate surface area is 67.0 Å². The van der Waals surface area contributed by atoms with Gasteiger partial charge >= 0.3 is 0 Å². The zero-order valence-electron chi connectivity index (χ0n) is 6.83. The van der Waals surface area contributed by atoms with E-state index in [1.54, 1.807) is 6.08 Å². The first-order chi connectivity index (χ1) is 5.24. The maximum atomic E-state index is 9.28. The van der Waals surface area contributed by atoms with Crippen LogP contribution in [-0.4, -0.2) is 5.11 Å². The summed E-state index contributed by atoms with van der Waals surface area (Å²) in [7, 11) is 0. The zero-order valence-corrected chi connectivity index (χ0v) is 6.83. The second-order valence-corrected chi connectivity index (χ2v) is 2.54. The molecular weight excluding hydrogens is 136 g/mol. The van der Waals surface area contributed by atoms with E-state index in [1.165, 1.54) is 5.56 Å². The second-order valence-electron chi connectivity index (χ2n) is 2.54. The van der Waals surface area contributed by atoms with Crippen LogP contribution in [-0.2, 0) is 0 Å². The standard InChI is InChI=1S/C10H12O/c1-3-10(11)9-6-4-8(2)5-7-9/h3-7,11H,1-2H3/b10-3+. The first kappa shape index (κ1) is 7.86. The Morgan fingerprint density at radius 1 is 1.27 bits per heavy atom. The van der Waals surface area contributed by atoms with Gasteiger partial charge in [-0.2, -0.15) is 0 Å². The van der Waals surface area contributed by atoms with Crippen molar-refractivity contribution in [3.8, 4) is 0 Å². The lowest BCUT2D eigenvalue weighted by Crippen LogP contribution is -1.81. The highest BCUT2D eigenvalue weighted by molar-refractivity contribution is 5.57. The molecule has 0 aliphatic carbocycles. The van der Waals surface area contributed by atoms with E-state index in [0.717, 1.165) is 5.56 Å². The molecule has 1 N–H and O–H groups in total. The van der Waals surface area contributed by atoms with Gasteiger partial charge in [-0.3, -0.25) is 0 Å². The fourth-order valence-corrected chi connectivity index (χ4v) is 0.891. The Hall–Kier alpha value is -1.24. The summed E-state index contributed by atoms with van der Waals surface area (Å²) in [5.41, 5.74) is 2.08. The van der Waals surface area contributed by atoms with Gasteiger partial charge in [-0.1, -0.05) is 29.8 Å². The van der Waals surface area contributed by atoms with Gasteiger partial charge in [-0.05, 0) is 19.9 Å². The van der Waals surface area contributed by atoms with Crippen LogP contribution in [0.4, 0.5) is 0 Å². The molecule has 0 spiro atoms. The van der Waals surface area contributed by atoms with Crippen LogP contribution < -0.4 is 0 Å². The maximum Gasteiger partial charge on any atom is 0.118 e. The molecule has 1 rings (SSSR count). The topological polar surface area (TPSA) is 20.2 Å². The molecule has 0 radical (unpaired) electrons. The first-order valence-electron chi connectivity index (χ1n) is 3.66. The van der Waals surface area contributed by atoms with Gasteiger partial charge < -0.3 is 5.11 Å². The van der Waals surface area contributed by atoms with Crippen LogP contribution in [0.3, 0.4) is 0 Å². The van der Waals surface area contributed by atoms with E-state index < -0.39 is 0 Å². The molecule has 0 aromatic heterocycles. The average molecular weight is 148 g/mol. The summed E-state index contributed by atoms with van der Waals surface area (Å²) in [6.07, 6.45) is 1.69. The molecule has 0 aliphatic heterocycles. The average Bonchev–Trinajstić information content (AvgIpc) is 2.05. The van der Waals surface area contributed by atoms with Gasteiger partial charge in [-0.15, -0.1) is 0 Å². The summed E-state index contributed by atoms with van der Waals surface area (Å²) >= 11 is 0. The van der Waals surface area contributed by atoms with Crippen LogP contribution in [0.2, 0.25) is 0 Å². The van der Waals surface area contributed by atoms with Gasteiger partial charge in [0.15, 0.2) is 0 Å². The molecule has 0 bridgehead atoms. The van der Waals surface area contributed by atoms with Gasteiger partial charge in [0.1, 0.15) is 5.76 Å². The number of rotatable bonds is 1. The van der Waals surface area contributed by atoms with E-state index in [2.05, 4.69) is 0 Å². The summed E-state index contributed by atoms with van der Waals surface area (Å²) in [6, 6.07) is 7.78. The van der Waals surface area contributed by atoms with Crippen LogP contribution in [0, 0.1) is 6.92 Å². The van der Waals surface area contributed by atoms with Crippen LogP contribution in [0.25, 0.3) is 5.76 Å². The fraction of sp³-hybridized carbons (Fsp3) is 0.200. The summed E-state index contributed by atoms with van der Waals surface area (Å²) in [5.74, 6) is 0.338. The smallest absolute Gasteiger partial charge is 0.118 e. The van der Waals surface area contributed by atoms with Crippen molar-refractivity contribution in [2.45, 2.75) is 13.8 Å². The van der Waals surface area contributed by atoms with Crippen molar-refractivity contribution in [3.05, 3.63) is 41.5 Å². The van der Waals surface area contributed by atoms with Crippen molar-refractivity contribution in [2.24, 2.45) is 0 Å². The van der Waals surface area contributed by atoms with Gasteiger partial charge in [0.2, 0.25) is 0 Å². The monoisotopic (exact) mass is 148 g/mol. The SMILES string of the molecule is C/C=C(/O)c1ccc(C)cc1. The van der Waals surface area contributed by atoms with E-state index in [0.29, 0.717) is 5.76 Å².